The van der Waals surface area contributed by atoms with Gasteiger partial charge in [0.2, 0.25) is 11.8 Å². The molecule has 2 amide bonds. The summed E-state index contributed by atoms with van der Waals surface area (Å²) in [5, 5.41) is 3.68. The molecule has 0 atom stereocenters. The van der Waals surface area contributed by atoms with Crippen molar-refractivity contribution in [3.63, 3.8) is 0 Å². The molecule has 10 heteroatoms. The van der Waals surface area contributed by atoms with E-state index in [0.717, 1.165) is 28.4 Å². The van der Waals surface area contributed by atoms with Gasteiger partial charge in [-0.1, -0.05) is 17.4 Å². The number of amides is 2. The van der Waals surface area contributed by atoms with Gasteiger partial charge in [0.1, 0.15) is 10.3 Å². The number of esters is 1. The number of aromatic nitrogens is 2. The number of fused-ring (bicyclic) bond motifs is 1. The molecule has 4 rings (SSSR count). The van der Waals surface area contributed by atoms with Crippen molar-refractivity contribution in [3.05, 3.63) is 48.2 Å². The van der Waals surface area contributed by atoms with Crippen molar-refractivity contribution in [1.29, 1.82) is 0 Å². The second kappa shape index (κ2) is 11.1. The van der Waals surface area contributed by atoms with Gasteiger partial charge in [-0.2, -0.15) is 0 Å². The van der Waals surface area contributed by atoms with Crippen LogP contribution in [-0.4, -0.2) is 65.4 Å². The Kier molecular flexibility index (Phi) is 7.69. The summed E-state index contributed by atoms with van der Waals surface area (Å²) in [6.07, 6.45) is 2.81. The van der Waals surface area contributed by atoms with E-state index in [1.54, 1.807) is 48.7 Å². The van der Waals surface area contributed by atoms with Gasteiger partial charge in [0.15, 0.2) is 5.13 Å². The molecule has 3 heterocycles. The Morgan fingerprint density at radius 1 is 1.09 bits per heavy atom. The Morgan fingerprint density at radius 3 is 2.79 bits per heavy atom. The Morgan fingerprint density at radius 2 is 1.97 bits per heavy atom. The first-order valence-corrected chi connectivity index (χ1v) is 12.2. The Bertz CT molecular complexity index is 1150. The van der Waals surface area contributed by atoms with Crippen LogP contribution < -0.4 is 10.2 Å². The van der Waals surface area contributed by atoms with Crippen molar-refractivity contribution in [2.75, 3.05) is 43.0 Å². The minimum Gasteiger partial charge on any atom is -0.462 e. The molecule has 1 saturated heterocycles. The van der Waals surface area contributed by atoms with Crippen molar-refractivity contribution in [3.8, 4) is 0 Å². The predicted molar refractivity (Wildman–Crippen MR) is 131 cm³/mol. The van der Waals surface area contributed by atoms with Crippen molar-refractivity contribution < 1.29 is 19.1 Å². The normalized spacial score (nSPS) is 14.0. The smallest absolute Gasteiger partial charge is 0.338 e. The lowest BCUT2D eigenvalue weighted by molar-refractivity contribution is -0.132. The number of anilines is 2. The molecule has 34 heavy (non-hydrogen) atoms. The fourth-order valence-corrected chi connectivity index (χ4v) is 4.75. The topological polar surface area (TPSA) is 105 Å². The van der Waals surface area contributed by atoms with E-state index in [4.69, 9.17) is 4.74 Å². The van der Waals surface area contributed by atoms with Gasteiger partial charge in [0, 0.05) is 50.9 Å². The van der Waals surface area contributed by atoms with E-state index in [1.807, 2.05) is 17.0 Å². The standard InChI is InChI=1S/C24H27N5O4S/c1-2-33-23(32)17-6-3-7-18(16-17)26-20(30)9-10-21(31)28-12-5-13-29(15-14-28)24-27-19-8-4-11-25-22(19)34-24/h3-4,6-8,11,16H,2,5,9-10,12-15H2,1H3,(H,26,30). The molecular formula is C24H27N5O4S. The van der Waals surface area contributed by atoms with Crippen molar-refractivity contribution in [2.24, 2.45) is 0 Å². The van der Waals surface area contributed by atoms with Crippen LogP contribution >= 0.6 is 11.3 Å². The summed E-state index contributed by atoms with van der Waals surface area (Å²) in [6.45, 7) is 4.77. The summed E-state index contributed by atoms with van der Waals surface area (Å²) in [4.78, 5) is 51.0. The highest BCUT2D eigenvalue weighted by Crippen LogP contribution is 2.27. The zero-order valence-electron chi connectivity index (χ0n) is 19.0. The fraction of sp³-hybridized carbons (Fsp3) is 0.375. The van der Waals surface area contributed by atoms with Gasteiger partial charge in [-0.05, 0) is 43.7 Å². The van der Waals surface area contributed by atoms with Gasteiger partial charge in [-0.25, -0.2) is 14.8 Å². The van der Waals surface area contributed by atoms with Crippen molar-refractivity contribution in [1.82, 2.24) is 14.9 Å². The van der Waals surface area contributed by atoms with Crippen LogP contribution in [0.2, 0.25) is 0 Å². The number of ether oxygens (including phenoxy) is 1. The molecular weight excluding hydrogens is 454 g/mol. The zero-order chi connectivity index (χ0) is 23.9. The number of nitrogens with zero attached hydrogens (tertiary/aromatic N) is 4. The van der Waals surface area contributed by atoms with Crippen LogP contribution in [0.25, 0.3) is 10.3 Å². The zero-order valence-corrected chi connectivity index (χ0v) is 19.8. The Labute approximate surface area is 201 Å². The molecule has 0 bridgehead atoms. The summed E-state index contributed by atoms with van der Waals surface area (Å²) in [5.41, 5.74) is 1.76. The molecule has 2 aromatic heterocycles. The van der Waals surface area contributed by atoms with Crippen LogP contribution in [0.1, 0.15) is 36.5 Å². The third kappa shape index (κ3) is 5.88. The maximum atomic E-state index is 12.8. The summed E-state index contributed by atoms with van der Waals surface area (Å²) in [7, 11) is 0. The molecule has 0 radical (unpaired) electrons. The number of pyridine rings is 1. The fourth-order valence-electron chi connectivity index (χ4n) is 3.79. The molecule has 0 unspecified atom stereocenters. The lowest BCUT2D eigenvalue weighted by Gasteiger charge is -2.21. The van der Waals surface area contributed by atoms with E-state index < -0.39 is 5.97 Å². The second-order valence-electron chi connectivity index (χ2n) is 7.89. The lowest BCUT2D eigenvalue weighted by atomic mass is 10.2. The van der Waals surface area contributed by atoms with Gasteiger partial charge in [0.25, 0.3) is 0 Å². The largest absolute Gasteiger partial charge is 0.462 e. The summed E-state index contributed by atoms with van der Waals surface area (Å²) >= 11 is 1.56. The Hall–Kier alpha value is -3.53. The van der Waals surface area contributed by atoms with E-state index in [1.165, 1.54) is 0 Å². The predicted octanol–water partition coefficient (Wildman–Crippen LogP) is 3.33. The highest BCUT2D eigenvalue weighted by atomic mass is 32.1. The minimum absolute atomic E-state index is 0.0387. The lowest BCUT2D eigenvalue weighted by Crippen LogP contribution is -2.35. The number of benzene rings is 1. The van der Waals surface area contributed by atoms with Gasteiger partial charge >= 0.3 is 5.97 Å². The molecule has 1 fully saturated rings. The van der Waals surface area contributed by atoms with Gasteiger partial charge in [-0.15, -0.1) is 0 Å². The van der Waals surface area contributed by atoms with Crippen LogP contribution in [0, 0.1) is 0 Å². The second-order valence-corrected chi connectivity index (χ2v) is 8.85. The molecule has 0 spiro atoms. The van der Waals surface area contributed by atoms with E-state index in [2.05, 4.69) is 20.2 Å². The molecule has 0 aliphatic carbocycles. The Balaban J connectivity index is 1.26. The van der Waals surface area contributed by atoms with E-state index >= 15 is 0 Å². The number of carbonyl (C=O) groups excluding carboxylic acids is 3. The maximum absolute atomic E-state index is 12.8. The number of hydrogen-bond donors (Lipinski definition) is 1. The highest BCUT2D eigenvalue weighted by molar-refractivity contribution is 7.21. The van der Waals surface area contributed by atoms with Crippen molar-refractivity contribution >= 4 is 50.3 Å². The van der Waals surface area contributed by atoms with Crippen LogP contribution in [0.4, 0.5) is 10.8 Å². The summed E-state index contributed by atoms with van der Waals surface area (Å²) in [5.74, 6) is -0.748. The summed E-state index contributed by atoms with van der Waals surface area (Å²) in [6, 6.07) is 10.4. The van der Waals surface area contributed by atoms with E-state index in [9.17, 15) is 14.4 Å². The van der Waals surface area contributed by atoms with E-state index in [-0.39, 0.29) is 31.3 Å². The maximum Gasteiger partial charge on any atom is 0.338 e. The van der Waals surface area contributed by atoms with Gasteiger partial charge < -0.3 is 19.9 Å². The average Bonchev–Trinajstić information content (AvgIpc) is 3.12. The van der Waals surface area contributed by atoms with E-state index in [0.29, 0.717) is 30.9 Å². The van der Waals surface area contributed by atoms with Gasteiger partial charge in [0.05, 0.1) is 12.2 Å². The third-order valence-electron chi connectivity index (χ3n) is 5.50. The summed E-state index contributed by atoms with van der Waals surface area (Å²) < 4.78 is 4.98. The molecule has 0 saturated carbocycles. The van der Waals surface area contributed by atoms with Crippen molar-refractivity contribution in [2.45, 2.75) is 26.2 Å². The van der Waals surface area contributed by atoms with Crippen LogP contribution in [0.15, 0.2) is 42.6 Å². The van der Waals surface area contributed by atoms with Crippen LogP contribution in [-0.2, 0) is 14.3 Å². The molecule has 1 N–H and O–H groups in total. The molecule has 1 aromatic carbocycles. The minimum atomic E-state index is -0.439. The molecule has 3 aromatic rings. The van der Waals surface area contributed by atoms with Gasteiger partial charge in [-0.3, -0.25) is 9.59 Å². The molecule has 178 valence electrons. The molecule has 1 aliphatic heterocycles. The number of rotatable bonds is 7. The monoisotopic (exact) mass is 481 g/mol. The highest BCUT2D eigenvalue weighted by Gasteiger charge is 2.22. The third-order valence-corrected chi connectivity index (χ3v) is 6.54. The van der Waals surface area contributed by atoms with Crippen LogP contribution in [0.3, 0.4) is 0 Å². The first-order chi connectivity index (χ1) is 16.5. The molecule has 1 aliphatic rings. The van der Waals surface area contributed by atoms with Crippen LogP contribution in [0.5, 0.6) is 0 Å². The number of thiazole rings is 1. The first-order valence-electron chi connectivity index (χ1n) is 11.3. The average molecular weight is 482 g/mol. The quantitative estimate of drug-likeness (QED) is 0.516. The number of hydrogen-bond acceptors (Lipinski definition) is 8. The SMILES string of the molecule is CCOC(=O)c1cccc(NC(=O)CCC(=O)N2CCCN(c3nc4cccnc4s3)CC2)c1. The first kappa shape index (κ1) is 23.6. The number of nitrogens with one attached hydrogen (secondary N) is 1. The number of carbonyl (C=O) groups is 3. The molecule has 9 nitrogen and oxygen atoms in total.